The molecular weight excluding hydrogens is 284 g/mol. The van der Waals surface area contributed by atoms with Gasteiger partial charge in [0.2, 0.25) is 0 Å². The Labute approximate surface area is 119 Å². The van der Waals surface area contributed by atoms with Crippen LogP contribution in [-0.2, 0) is 11.3 Å². The Kier molecular flexibility index (Phi) is 3.82. The smallest absolute Gasteiger partial charge is 0.178 e. The van der Waals surface area contributed by atoms with Crippen LogP contribution in [0.5, 0.6) is 0 Å². The molecule has 1 N–H and O–H groups in total. The van der Waals surface area contributed by atoms with E-state index in [0.29, 0.717) is 16.8 Å². The number of hydrogen-bond donors (Lipinski definition) is 1. The highest BCUT2D eigenvalue weighted by Crippen LogP contribution is 2.19. The molecule has 1 fully saturated rings. The van der Waals surface area contributed by atoms with Gasteiger partial charge in [-0.2, -0.15) is 0 Å². The van der Waals surface area contributed by atoms with Gasteiger partial charge in [-0.05, 0) is 18.3 Å². The Morgan fingerprint density at radius 3 is 2.70 bits per heavy atom. The van der Waals surface area contributed by atoms with Crippen molar-refractivity contribution >= 4 is 23.3 Å². The van der Waals surface area contributed by atoms with Crippen LogP contribution in [0.4, 0.5) is 8.78 Å². The van der Waals surface area contributed by atoms with Crippen LogP contribution in [0.15, 0.2) is 12.1 Å². The van der Waals surface area contributed by atoms with E-state index in [-0.39, 0.29) is 5.52 Å². The molecule has 2 aromatic rings. The Bertz CT molecular complexity index is 676. The minimum atomic E-state index is -0.615. The Balaban J connectivity index is 1.87. The average molecular weight is 299 g/mol. The van der Waals surface area contributed by atoms with Crippen molar-refractivity contribution in [2.45, 2.75) is 6.54 Å². The number of morpholine rings is 1. The summed E-state index contributed by atoms with van der Waals surface area (Å²) in [4.78, 5) is 5.05. The first-order valence-electron chi connectivity index (χ1n) is 6.53. The molecule has 108 valence electrons. The molecule has 0 amide bonds. The minimum Gasteiger partial charge on any atom is -0.379 e. The van der Waals surface area contributed by atoms with E-state index in [2.05, 4.69) is 9.88 Å². The average Bonchev–Trinajstić information content (AvgIpc) is 2.74. The molecule has 0 saturated carbocycles. The van der Waals surface area contributed by atoms with E-state index in [9.17, 15) is 8.78 Å². The van der Waals surface area contributed by atoms with E-state index in [1.165, 1.54) is 6.07 Å². The normalized spacial score (nSPS) is 16.9. The van der Waals surface area contributed by atoms with E-state index in [1.54, 1.807) is 4.57 Å². The number of aromatic nitrogens is 2. The summed E-state index contributed by atoms with van der Waals surface area (Å²) < 4.78 is 34.5. The maximum Gasteiger partial charge on any atom is 0.178 e. The number of rotatable bonds is 3. The zero-order valence-corrected chi connectivity index (χ0v) is 11.7. The molecule has 20 heavy (non-hydrogen) atoms. The lowest BCUT2D eigenvalue weighted by atomic mass is 10.3. The van der Waals surface area contributed by atoms with Crippen LogP contribution in [0, 0.1) is 16.4 Å². The predicted molar refractivity (Wildman–Crippen MR) is 74.3 cm³/mol. The Morgan fingerprint density at radius 2 is 1.95 bits per heavy atom. The molecule has 2 heterocycles. The van der Waals surface area contributed by atoms with Crippen molar-refractivity contribution in [1.82, 2.24) is 14.5 Å². The lowest BCUT2D eigenvalue weighted by Crippen LogP contribution is -2.38. The predicted octanol–water partition coefficient (Wildman–Crippen LogP) is 2.31. The summed E-state index contributed by atoms with van der Waals surface area (Å²) in [5, 5.41) is 0. The van der Waals surface area contributed by atoms with Crippen molar-refractivity contribution in [1.29, 1.82) is 0 Å². The first-order valence-corrected chi connectivity index (χ1v) is 6.93. The maximum atomic E-state index is 13.7. The van der Waals surface area contributed by atoms with E-state index in [0.717, 1.165) is 38.9 Å². The van der Waals surface area contributed by atoms with Crippen LogP contribution in [0.25, 0.3) is 11.0 Å². The third kappa shape index (κ3) is 2.61. The van der Waals surface area contributed by atoms with Gasteiger partial charge in [-0.1, -0.05) is 0 Å². The van der Waals surface area contributed by atoms with Crippen LogP contribution in [0.2, 0.25) is 0 Å². The van der Waals surface area contributed by atoms with Gasteiger partial charge in [-0.25, -0.2) is 8.78 Å². The number of benzene rings is 1. The molecule has 1 aromatic carbocycles. The molecule has 0 spiro atoms. The Morgan fingerprint density at radius 1 is 1.20 bits per heavy atom. The van der Waals surface area contributed by atoms with Crippen LogP contribution < -0.4 is 0 Å². The van der Waals surface area contributed by atoms with Gasteiger partial charge in [0.05, 0.1) is 18.7 Å². The highest BCUT2D eigenvalue weighted by molar-refractivity contribution is 7.71. The molecule has 1 aliphatic heterocycles. The van der Waals surface area contributed by atoms with E-state index in [4.69, 9.17) is 17.0 Å². The Hall–Kier alpha value is -1.31. The minimum absolute atomic E-state index is 0.262. The molecule has 0 aliphatic carbocycles. The van der Waals surface area contributed by atoms with Gasteiger partial charge >= 0.3 is 0 Å². The lowest BCUT2D eigenvalue weighted by Gasteiger charge is -2.26. The number of nitrogens with zero attached hydrogens (tertiary/aromatic N) is 2. The van der Waals surface area contributed by atoms with Gasteiger partial charge in [0, 0.05) is 32.2 Å². The van der Waals surface area contributed by atoms with Crippen molar-refractivity contribution in [3.8, 4) is 0 Å². The monoisotopic (exact) mass is 299 g/mol. The molecule has 1 aromatic heterocycles. The summed E-state index contributed by atoms with van der Waals surface area (Å²) in [6.07, 6.45) is 0. The summed E-state index contributed by atoms with van der Waals surface area (Å²) in [6.45, 7) is 4.58. The molecule has 0 radical (unpaired) electrons. The fourth-order valence-electron chi connectivity index (χ4n) is 2.47. The first-order chi connectivity index (χ1) is 9.65. The van der Waals surface area contributed by atoms with Crippen molar-refractivity contribution in [2.24, 2.45) is 0 Å². The molecule has 7 heteroatoms. The number of aromatic amines is 1. The van der Waals surface area contributed by atoms with Gasteiger partial charge < -0.3 is 14.3 Å². The quantitative estimate of drug-likeness (QED) is 0.883. The van der Waals surface area contributed by atoms with E-state index < -0.39 is 11.6 Å². The van der Waals surface area contributed by atoms with E-state index >= 15 is 0 Å². The summed E-state index contributed by atoms with van der Waals surface area (Å²) >= 11 is 5.20. The van der Waals surface area contributed by atoms with Crippen molar-refractivity contribution in [3.63, 3.8) is 0 Å². The number of halogens is 2. The molecule has 0 unspecified atom stereocenters. The van der Waals surface area contributed by atoms with Gasteiger partial charge in [0.1, 0.15) is 11.3 Å². The van der Waals surface area contributed by atoms with Crippen LogP contribution in [0.1, 0.15) is 0 Å². The molecule has 1 aliphatic rings. The largest absolute Gasteiger partial charge is 0.379 e. The molecule has 1 saturated heterocycles. The fraction of sp³-hybridized carbons (Fsp3) is 0.462. The lowest BCUT2D eigenvalue weighted by molar-refractivity contribution is 0.0365. The molecule has 3 rings (SSSR count). The summed E-state index contributed by atoms with van der Waals surface area (Å²) in [7, 11) is 0. The number of H-pyrrole nitrogens is 1. The van der Waals surface area contributed by atoms with Crippen LogP contribution in [0.3, 0.4) is 0 Å². The van der Waals surface area contributed by atoms with Crippen LogP contribution >= 0.6 is 12.2 Å². The second-order valence-electron chi connectivity index (χ2n) is 4.82. The number of hydrogen-bond acceptors (Lipinski definition) is 3. The number of imidazole rings is 1. The van der Waals surface area contributed by atoms with Crippen molar-refractivity contribution in [2.75, 3.05) is 32.8 Å². The highest BCUT2D eigenvalue weighted by atomic mass is 32.1. The molecule has 4 nitrogen and oxygen atoms in total. The summed E-state index contributed by atoms with van der Waals surface area (Å²) in [5.74, 6) is -1.21. The summed E-state index contributed by atoms with van der Waals surface area (Å²) in [6, 6.07) is 2.17. The SMILES string of the molecule is Fc1cc(F)c2[nH]c(=S)n(CCN3CCOCC3)c2c1. The topological polar surface area (TPSA) is 33.2 Å². The van der Waals surface area contributed by atoms with E-state index in [1.807, 2.05) is 0 Å². The van der Waals surface area contributed by atoms with Gasteiger partial charge in [-0.15, -0.1) is 0 Å². The third-order valence-electron chi connectivity index (χ3n) is 3.55. The number of fused-ring (bicyclic) bond motifs is 1. The molecule has 0 bridgehead atoms. The van der Waals surface area contributed by atoms with Crippen molar-refractivity contribution < 1.29 is 13.5 Å². The van der Waals surface area contributed by atoms with Gasteiger partial charge in [0.25, 0.3) is 0 Å². The standard InChI is InChI=1S/C13H15F2N3OS/c14-9-7-10(15)12-11(8-9)18(13(20)16-12)2-1-17-3-5-19-6-4-17/h7-8H,1-6H2,(H,16,20). The number of ether oxygens (including phenoxy) is 1. The zero-order valence-electron chi connectivity index (χ0n) is 10.9. The molecular formula is C13H15F2N3OS. The second-order valence-corrected chi connectivity index (χ2v) is 5.20. The first kappa shape index (κ1) is 13.7. The molecule has 0 atom stereocenters. The fourth-order valence-corrected chi connectivity index (χ4v) is 2.76. The third-order valence-corrected chi connectivity index (χ3v) is 3.87. The summed E-state index contributed by atoms with van der Waals surface area (Å²) in [5.41, 5.74) is 0.735. The second kappa shape index (κ2) is 5.59. The zero-order chi connectivity index (χ0) is 14.1. The van der Waals surface area contributed by atoms with Crippen LogP contribution in [-0.4, -0.2) is 47.3 Å². The maximum absolute atomic E-state index is 13.7. The van der Waals surface area contributed by atoms with Gasteiger partial charge in [0.15, 0.2) is 10.6 Å². The highest BCUT2D eigenvalue weighted by Gasteiger charge is 2.13. The van der Waals surface area contributed by atoms with Gasteiger partial charge in [-0.3, -0.25) is 4.90 Å². The van der Waals surface area contributed by atoms with Crippen molar-refractivity contribution in [3.05, 3.63) is 28.5 Å². The number of nitrogens with one attached hydrogen (secondary N) is 1.